The topological polar surface area (TPSA) is 30.5 Å². The first-order valence-corrected chi connectivity index (χ1v) is 8.37. The molecule has 1 N–H and O–H groups in total. The number of benzene rings is 1. The zero-order valence-corrected chi connectivity index (χ0v) is 13.4. The monoisotopic (exact) mass is 291 g/mol. The molecular formula is C18H29NO2. The van der Waals surface area contributed by atoms with Crippen molar-refractivity contribution in [3.63, 3.8) is 0 Å². The Morgan fingerprint density at radius 3 is 2.76 bits per heavy atom. The van der Waals surface area contributed by atoms with E-state index in [2.05, 4.69) is 43.4 Å². The Labute approximate surface area is 129 Å². The second kappa shape index (κ2) is 9.06. The minimum absolute atomic E-state index is 0.451. The lowest BCUT2D eigenvalue weighted by atomic mass is 9.99. The minimum atomic E-state index is 0.451. The van der Waals surface area contributed by atoms with E-state index in [4.69, 9.17) is 9.47 Å². The van der Waals surface area contributed by atoms with Gasteiger partial charge in [-0.25, -0.2) is 0 Å². The Hall–Kier alpha value is -1.06. The molecule has 1 aliphatic rings. The van der Waals surface area contributed by atoms with Gasteiger partial charge in [0.25, 0.3) is 0 Å². The fourth-order valence-electron chi connectivity index (χ4n) is 2.82. The average molecular weight is 291 g/mol. The Kier molecular flexibility index (Phi) is 7.04. The number of rotatable bonds is 9. The summed E-state index contributed by atoms with van der Waals surface area (Å²) in [5.74, 6) is 1.65. The van der Waals surface area contributed by atoms with E-state index in [0.29, 0.717) is 12.0 Å². The van der Waals surface area contributed by atoms with Crippen LogP contribution < -0.4 is 10.1 Å². The normalized spacial score (nSPS) is 21.6. The number of ether oxygens (including phenoxy) is 2. The van der Waals surface area contributed by atoms with E-state index in [-0.39, 0.29) is 0 Å². The van der Waals surface area contributed by atoms with Crippen LogP contribution in [0.5, 0.6) is 5.75 Å². The molecule has 3 nitrogen and oxygen atoms in total. The molecule has 21 heavy (non-hydrogen) atoms. The fourth-order valence-corrected chi connectivity index (χ4v) is 2.82. The molecule has 1 aliphatic heterocycles. The number of hydrogen-bond donors (Lipinski definition) is 1. The Balaban J connectivity index is 1.68. The van der Waals surface area contributed by atoms with E-state index in [0.717, 1.165) is 44.9 Å². The van der Waals surface area contributed by atoms with Gasteiger partial charge in [-0.05, 0) is 42.9 Å². The smallest absolute Gasteiger partial charge is 0.119 e. The summed E-state index contributed by atoms with van der Waals surface area (Å²) in [5.41, 5.74) is 1.31. The average Bonchev–Trinajstić information content (AvgIpc) is 2.97. The van der Waals surface area contributed by atoms with Gasteiger partial charge in [0.1, 0.15) is 5.75 Å². The molecule has 2 atom stereocenters. The second-order valence-electron chi connectivity index (χ2n) is 5.84. The highest BCUT2D eigenvalue weighted by atomic mass is 16.5. The van der Waals surface area contributed by atoms with Gasteiger partial charge in [-0.1, -0.05) is 32.4 Å². The summed E-state index contributed by atoms with van der Waals surface area (Å²) >= 11 is 0. The van der Waals surface area contributed by atoms with Crippen LogP contribution >= 0.6 is 0 Å². The van der Waals surface area contributed by atoms with Crippen LogP contribution in [0.1, 0.15) is 45.1 Å². The van der Waals surface area contributed by atoms with Crippen molar-refractivity contribution in [2.24, 2.45) is 5.92 Å². The molecule has 0 bridgehead atoms. The molecule has 1 aromatic carbocycles. The van der Waals surface area contributed by atoms with Crippen molar-refractivity contribution in [2.45, 2.75) is 52.2 Å². The van der Waals surface area contributed by atoms with Gasteiger partial charge in [-0.15, -0.1) is 0 Å². The molecule has 1 heterocycles. The fraction of sp³-hybridized carbons (Fsp3) is 0.667. The minimum Gasteiger partial charge on any atom is -0.494 e. The molecule has 0 spiro atoms. The van der Waals surface area contributed by atoms with Gasteiger partial charge in [0.2, 0.25) is 0 Å². The van der Waals surface area contributed by atoms with E-state index in [1.54, 1.807) is 0 Å². The second-order valence-corrected chi connectivity index (χ2v) is 5.84. The molecule has 2 rings (SSSR count). The zero-order valence-electron chi connectivity index (χ0n) is 13.4. The van der Waals surface area contributed by atoms with Crippen molar-refractivity contribution in [2.75, 3.05) is 19.8 Å². The molecule has 0 aliphatic carbocycles. The molecule has 0 amide bonds. The third kappa shape index (κ3) is 5.33. The highest BCUT2D eigenvalue weighted by Crippen LogP contribution is 2.22. The Morgan fingerprint density at radius 1 is 1.24 bits per heavy atom. The van der Waals surface area contributed by atoms with Gasteiger partial charge >= 0.3 is 0 Å². The van der Waals surface area contributed by atoms with E-state index >= 15 is 0 Å². The molecule has 118 valence electrons. The van der Waals surface area contributed by atoms with Crippen molar-refractivity contribution in [1.29, 1.82) is 0 Å². The lowest BCUT2D eigenvalue weighted by molar-refractivity contribution is 0.0872. The number of nitrogens with one attached hydrogen (secondary N) is 1. The maximum absolute atomic E-state index is 5.72. The van der Waals surface area contributed by atoms with E-state index in [1.807, 2.05) is 0 Å². The summed E-state index contributed by atoms with van der Waals surface area (Å²) in [6, 6.07) is 8.44. The van der Waals surface area contributed by atoms with Crippen LogP contribution in [-0.2, 0) is 11.3 Å². The third-order valence-corrected chi connectivity index (χ3v) is 4.17. The van der Waals surface area contributed by atoms with Crippen LogP contribution in [0, 0.1) is 5.92 Å². The Bertz CT molecular complexity index is 391. The van der Waals surface area contributed by atoms with Crippen LogP contribution in [-0.4, -0.2) is 25.9 Å². The predicted octanol–water partition coefficient (Wildman–Crippen LogP) is 3.77. The van der Waals surface area contributed by atoms with Crippen molar-refractivity contribution in [3.8, 4) is 5.75 Å². The van der Waals surface area contributed by atoms with Crippen molar-refractivity contribution >= 4 is 0 Å². The summed E-state index contributed by atoms with van der Waals surface area (Å²) in [7, 11) is 0. The molecule has 1 saturated heterocycles. The van der Waals surface area contributed by atoms with Gasteiger partial charge in [0.15, 0.2) is 0 Å². The highest BCUT2D eigenvalue weighted by Gasteiger charge is 2.25. The van der Waals surface area contributed by atoms with Gasteiger partial charge in [-0.2, -0.15) is 0 Å². The highest BCUT2D eigenvalue weighted by molar-refractivity contribution is 5.27. The van der Waals surface area contributed by atoms with Crippen LogP contribution in [0.3, 0.4) is 0 Å². The largest absolute Gasteiger partial charge is 0.494 e. The van der Waals surface area contributed by atoms with Crippen molar-refractivity contribution < 1.29 is 9.47 Å². The van der Waals surface area contributed by atoms with Crippen LogP contribution in [0.25, 0.3) is 0 Å². The van der Waals surface area contributed by atoms with Gasteiger partial charge in [-0.3, -0.25) is 0 Å². The molecular weight excluding hydrogens is 262 g/mol. The lowest BCUT2D eigenvalue weighted by Gasteiger charge is -2.17. The number of unbranched alkanes of at least 4 members (excludes halogenated alkanes) is 1. The molecule has 3 heteroatoms. The molecule has 0 saturated carbocycles. The molecule has 0 aromatic heterocycles. The predicted molar refractivity (Wildman–Crippen MR) is 86.7 cm³/mol. The van der Waals surface area contributed by atoms with Crippen molar-refractivity contribution in [1.82, 2.24) is 5.32 Å². The van der Waals surface area contributed by atoms with Crippen molar-refractivity contribution in [3.05, 3.63) is 29.8 Å². The summed E-state index contributed by atoms with van der Waals surface area (Å²) < 4.78 is 11.4. The zero-order chi connectivity index (χ0) is 14.9. The summed E-state index contributed by atoms with van der Waals surface area (Å²) in [6.07, 6.45) is 5.05. The van der Waals surface area contributed by atoms with Gasteiger partial charge < -0.3 is 14.8 Å². The van der Waals surface area contributed by atoms with Crippen LogP contribution in [0.2, 0.25) is 0 Å². The maximum atomic E-state index is 5.72. The van der Waals surface area contributed by atoms with E-state index < -0.39 is 0 Å². The Morgan fingerprint density at radius 2 is 2.05 bits per heavy atom. The van der Waals surface area contributed by atoms with Crippen LogP contribution in [0.15, 0.2) is 24.3 Å². The molecule has 0 radical (unpaired) electrons. The quantitative estimate of drug-likeness (QED) is 0.703. The molecule has 2 unspecified atom stereocenters. The summed E-state index contributed by atoms with van der Waals surface area (Å²) in [4.78, 5) is 0. The first-order chi connectivity index (χ1) is 10.3. The van der Waals surface area contributed by atoms with Crippen LogP contribution in [0.4, 0.5) is 0 Å². The first-order valence-electron chi connectivity index (χ1n) is 8.37. The number of hydrogen-bond acceptors (Lipinski definition) is 3. The van der Waals surface area contributed by atoms with Gasteiger partial charge in [0.05, 0.1) is 12.7 Å². The maximum Gasteiger partial charge on any atom is 0.119 e. The summed E-state index contributed by atoms with van der Waals surface area (Å²) in [6.45, 7) is 8.09. The van der Waals surface area contributed by atoms with Gasteiger partial charge in [0, 0.05) is 19.7 Å². The lowest BCUT2D eigenvalue weighted by Crippen LogP contribution is -2.27. The first kappa shape index (κ1) is 16.3. The molecule has 1 fully saturated rings. The SMILES string of the molecule is CCCCOc1ccc(CNCC2CCOC2CC)cc1. The van der Waals surface area contributed by atoms with E-state index in [1.165, 1.54) is 18.4 Å². The summed E-state index contributed by atoms with van der Waals surface area (Å²) in [5, 5.41) is 3.56. The van der Waals surface area contributed by atoms with E-state index in [9.17, 15) is 0 Å². The third-order valence-electron chi connectivity index (χ3n) is 4.17. The molecule has 1 aromatic rings. The standard InChI is InChI=1S/C18H29NO2/c1-3-5-11-20-17-8-6-15(7-9-17)13-19-14-16-10-12-21-18(16)4-2/h6-9,16,18-19H,3-5,10-14H2,1-2H3.